The lowest BCUT2D eigenvalue weighted by Gasteiger charge is -2.22. The van der Waals surface area contributed by atoms with Crippen molar-refractivity contribution in [3.63, 3.8) is 0 Å². The Hall–Kier alpha value is -1.14. The lowest BCUT2D eigenvalue weighted by Crippen LogP contribution is -2.45. The van der Waals surface area contributed by atoms with E-state index in [1.807, 2.05) is 0 Å². The summed E-state index contributed by atoms with van der Waals surface area (Å²) in [6, 6.07) is -0.538. The number of amides is 1. The molecule has 0 rings (SSSR count). The fourth-order valence-corrected chi connectivity index (χ4v) is 12.9. The highest BCUT2D eigenvalue weighted by Crippen LogP contribution is 2.21. The first-order chi connectivity index (χ1) is 41.5. The number of rotatable bonds is 75. The SMILES string of the molecule is CCCCCCCCCCCCCCCCCCCCCCC(O)C(CO)NC(=O)CCCCCCCCCCCCCCCCCCCCCCCCCCCCCCCCOC(=O)CCCCCCCCCCCCCCCCCCC. The summed E-state index contributed by atoms with van der Waals surface area (Å²) in [5, 5.41) is 23.4. The summed E-state index contributed by atoms with van der Waals surface area (Å²) < 4.78 is 5.52. The largest absolute Gasteiger partial charge is 0.466 e. The van der Waals surface area contributed by atoms with E-state index in [1.54, 1.807) is 0 Å². The molecule has 84 heavy (non-hydrogen) atoms. The fourth-order valence-electron chi connectivity index (χ4n) is 12.9. The molecular formula is C78H155NO5. The minimum absolute atomic E-state index is 0.0252. The van der Waals surface area contributed by atoms with Crippen LogP contribution in [-0.2, 0) is 14.3 Å². The predicted molar refractivity (Wildman–Crippen MR) is 371 cm³/mol. The van der Waals surface area contributed by atoms with Crippen LogP contribution in [0.25, 0.3) is 0 Å². The molecule has 0 bridgehead atoms. The van der Waals surface area contributed by atoms with Gasteiger partial charge in [0.15, 0.2) is 0 Å². The molecule has 0 aliphatic heterocycles. The van der Waals surface area contributed by atoms with E-state index in [0.717, 1.165) is 38.5 Å². The number of unbranched alkanes of at least 4 members (excludes halogenated alkanes) is 64. The molecule has 0 aromatic heterocycles. The van der Waals surface area contributed by atoms with Gasteiger partial charge in [-0.05, 0) is 25.7 Å². The highest BCUT2D eigenvalue weighted by molar-refractivity contribution is 5.76. The highest BCUT2D eigenvalue weighted by atomic mass is 16.5. The first-order valence-corrected chi connectivity index (χ1v) is 39.3. The molecule has 502 valence electrons. The van der Waals surface area contributed by atoms with Gasteiger partial charge in [0, 0.05) is 12.8 Å². The topological polar surface area (TPSA) is 95.9 Å². The van der Waals surface area contributed by atoms with Crippen LogP contribution in [0.3, 0.4) is 0 Å². The van der Waals surface area contributed by atoms with Gasteiger partial charge in [-0.25, -0.2) is 0 Å². The number of aliphatic hydroxyl groups is 2. The summed E-state index contributed by atoms with van der Waals surface area (Å²) in [4.78, 5) is 24.7. The van der Waals surface area contributed by atoms with Gasteiger partial charge < -0.3 is 20.3 Å². The number of carbonyl (C=O) groups excluding carboxylic acids is 2. The molecule has 0 aromatic carbocycles. The third-order valence-electron chi connectivity index (χ3n) is 18.9. The van der Waals surface area contributed by atoms with Crippen molar-refractivity contribution in [1.82, 2.24) is 5.32 Å². The highest BCUT2D eigenvalue weighted by Gasteiger charge is 2.20. The van der Waals surface area contributed by atoms with Crippen LogP contribution >= 0.6 is 0 Å². The van der Waals surface area contributed by atoms with E-state index < -0.39 is 12.1 Å². The normalized spacial score (nSPS) is 12.4. The van der Waals surface area contributed by atoms with Gasteiger partial charge in [-0.1, -0.05) is 425 Å². The van der Waals surface area contributed by atoms with E-state index >= 15 is 0 Å². The molecule has 6 nitrogen and oxygen atoms in total. The standard InChI is InChI=1S/C78H155NO5/c1-3-5-7-9-11-13-15-17-19-21-22-35-39-42-46-50-54-58-62-66-70-76(81)75(74-80)79-77(82)71-67-63-59-55-51-47-43-40-36-33-31-29-27-25-23-24-26-28-30-32-34-37-41-45-49-53-57-61-65-69-73-84-78(83)72-68-64-60-56-52-48-44-38-20-18-16-14-12-10-8-6-4-2/h75-76,80-81H,3-74H2,1-2H3,(H,79,82). The molecule has 0 aliphatic carbocycles. The van der Waals surface area contributed by atoms with Crippen molar-refractivity contribution >= 4 is 11.9 Å². The maximum absolute atomic E-state index is 12.6. The molecule has 3 N–H and O–H groups in total. The molecule has 2 unspecified atom stereocenters. The van der Waals surface area contributed by atoms with Crippen LogP contribution in [-0.4, -0.2) is 47.4 Å². The molecule has 0 aromatic rings. The first kappa shape index (κ1) is 82.9. The number of hydrogen-bond donors (Lipinski definition) is 3. The van der Waals surface area contributed by atoms with Crippen molar-refractivity contribution in [2.24, 2.45) is 0 Å². The summed E-state index contributed by atoms with van der Waals surface area (Å²) in [5.41, 5.74) is 0. The number of ether oxygens (including phenoxy) is 1. The molecule has 0 saturated heterocycles. The van der Waals surface area contributed by atoms with Crippen LogP contribution in [0.5, 0.6) is 0 Å². The van der Waals surface area contributed by atoms with E-state index in [1.165, 1.54) is 392 Å². The number of hydrogen-bond acceptors (Lipinski definition) is 5. The summed E-state index contributed by atoms with van der Waals surface area (Å²) in [5.74, 6) is 0.000428. The molecule has 0 heterocycles. The summed E-state index contributed by atoms with van der Waals surface area (Å²) in [6.45, 7) is 5.02. The third kappa shape index (κ3) is 70.0. The van der Waals surface area contributed by atoms with Crippen molar-refractivity contribution in [3.8, 4) is 0 Å². The van der Waals surface area contributed by atoms with Crippen molar-refractivity contribution in [2.75, 3.05) is 13.2 Å². The maximum Gasteiger partial charge on any atom is 0.305 e. The average Bonchev–Trinajstić information content (AvgIpc) is 3.51. The van der Waals surface area contributed by atoms with Crippen molar-refractivity contribution in [2.45, 2.75) is 475 Å². The molecule has 0 spiro atoms. The minimum Gasteiger partial charge on any atom is -0.466 e. The molecular weight excluding hydrogens is 1030 g/mol. The van der Waals surface area contributed by atoms with Gasteiger partial charge in [-0.15, -0.1) is 0 Å². The molecule has 2 atom stereocenters. The Bertz CT molecular complexity index is 1230. The van der Waals surface area contributed by atoms with Crippen LogP contribution in [0.2, 0.25) is 0 Å². The Kier molecular flexibility index (Phi) is 73.3. The third-order valence-corrected chi connectivity index (χ3v) is 18.9. The average molecular weight is 1190 g/mol. The molecule has 0 fully saturated rings. The second kappa shape index (κ2) is 74.3. The lowest BCUT2D eigenvalue weighted by molar-refractivity contribution is -0.143. The number of nitrogens with one attached hydrogen (secondary N) is 1. The molecule has 0 saturated carbocycles. The quantitative estimate of drug-likeness (QED) is 0.0417. The van der Waals surface area contributed by atoms with Gasteiger partial charge in [-0.2, -0.15) is 0 Å². The van der Waals surface area contributed by atoms with Gasteiger partial charge >= 0.3 is 5.97 Å². The Morgan fingerprint density at radius 3 is 0.726 bits per heavy atom. The van der Waals surface area contributed by atoms with Gasteiger partial charge in [-0.3, -0.25) is 9.59 Å². The number of esters is 1. The van der Waals surface area contributed by atoms with Crippen molar-refractivity contribution < 1.29 is 24.5 Å². The van der Waals surface area contributed by atoms with E-state index in [-0.39, 0.29) is 18.5 Å². The van der Waals surface area contributed by atoms with Crippen molar-refractivity contribution in [1.29, 1.82) is 0 Å². The Balaban J connectivity index is 3.31. The Morgan fingerprint density at radius 1 is 0.286 bits per heavy atom. The fraction of sp³-hybridized carbons (Fsp3) is 0.974. The first-order valence-electron chi connectivity index (χ1n) is 39.3. The maximum atomic E-state index is 12.6. The second-order valence-corrected chi connectivity index (χ2v) is 27.4. The smallest absolute Gasteiger partial charge is 0.305 e. The van der Waals surface area contributed by atoms with Gasteiger partial charge in [0.2, 0.25) is 5.91 Å². The summed E-state index contributed by atoms with van der Waals surface area (Å²) in [6.07, 6.45) is 91.9. The number of carbonyl (C=O) groups is 2. The van der Waals surface area contributed by atoms with Crippen LogP contribution in [0.1, 0.15) is 463 Å². The zero-order valence-electron chi connectivity index (χ0n) is 57.7. The van der Waals surface area contributed by atoms with Crippen molar-refractivity contribution in [3.05, 3.63) is 0 Å². The lowest BCUT2D eigenvalue weighted by atomic mass is 10.0. The molecule has 0 radical (unpaired) electrons. The van der Waals surface area contributed by atoms with Gasteiger partial charge in [0.25, 0.3) is 0 Å². The van der Waals surface area contributed by atoms with E-state index in [0.29, 0.717) is 25.9 Å². The van der Waals surface area contributed by atoms with Crippen LogP contribution in [0, 0.1) is 0 Å². The van der Waals surface area contributed by atoms with E-state index in [4.69, 9.17) is 4.74 Å². The Labute approximate surface area is 527 Å². The van der Waals surface area contributed by atoms with E-state index in [9.17, 15) is 19.8 Å². The van der Waals surface area contributed by atoms with Gasteiger partial charge in [0.05, 0.1) is 25.4 Å². The van der Waals surface area contributed by atoms with E-state index in [2.05, 4.69) is 19.2 Å². The summed E-state index contributed by atoms with van der Waals surface area (Å²) in [7, 11) is 0. The van der Waals surface area contributed by atoms with Crippen LogP contribution < -0.4 is 5.32 Å². The predicted octanol–water partition coefficient (Wildman–Crippen LogP) is 25.7. The molecule has 1 amide bonds. The minimum atomic E-state index is -0.661. The molecule has 0 aliphatic rings. The second-order valence-electron chi connectivity index (χ2n) is 27.4. The zero-order chi connectivity index (χ0) is 60.6. The molecule has 6 heteroatoms. The number of aliphatic hydroxyl groups excluding tert-OH is 2. The van der Waals surface area contributed by atoms with Crippen LogP contribution in [0.4, 0.5) is 0 Å². The zero-order valence-corrected chi connectivity index (χ0v) is 57.7. The summed E-state index contributed by atoms with van der Waals surface area (Å²) >= 11 is 0. The monoisotopic (exact) mass is 1190 g/mol. The van der Waals surface area contributed by atoms with Gasteiger partial charge in [0.1, 0.15) is 0 Å². The Morgan fingerprint density at radius 2 is 0.488 bits per heavy atom. The van der Waals surface area contributed by atoms with Crippen LogP contribution in [0.15, 0.2) is 0 Å².